The molecule has 1 aliphatic rings. The Balaban J connectivity index is 1.70. The van der Waals surface area contributed by atoms with Gasteiger partial charge in [-0.2, -0.15) is 13.2 Å². The van der Waals surface area contributed by atoms with Gasteiger partial charge in [0.1, 0.15) is 17.7 Å². The number of alkyl halides is 3. The zero-order chi connectivity index (χ0) is 25.3. The lowest BCUT2D eigenvalue weighted by atomic mass is 10.0. The minimum atomic E-state index is -4.50. The number of fused-ring (bicyclic) bond motifs is 1. The van der Waals surface area contributed by atoms with Gasteiger partial charge in [-0.05, 0) is 63.4 Å². The van der Waals surface area contributed by atoms with Crippen LogP contribution in [0.1, 0.15) is 49.7 Å². The Kier molecular flexibility index (Phi) is 6.93. The summed E-state index contributed by atoms with van der Waals surface area (Å²) < 4.78 is 57.4. The first-order valence-corrected chi connectivity index (χ1v) is 11.4. The van der Waals surface area contributed by atoms with Crippen LogP contribution >= 0.6 is 0 Å². The van der Waals surface area contributed by atoms with E-state index in [-0.39, 0.29) is 17.9 Å². The van der Waals surface area contributed by atoms with Crippen molar-refractivity contribution in [2.45, 2.75) is 58.0 Å². The van der Waals surface area contributed by atoms with Crippen LogP contribution in [0, 0.1) is 6.92 Å². The molecule has 4 rings (SSSR count). The second-order valence-corrected chi connectivity index (χ2v) is 8.77. The van der Waals surface area contributed by atoms with Gasteiger partial charge >= 0.3 is 6.18 Å². The molecule has 1 unspecified atom stereocenters. The standard InChI is InChI=1S/C25H29F3N4O3/c1-13(16-8-17(25(26,27)28)10-18(29)9-16)30-24-19-11-23(35-14(2)21-6-5-7-34-21)22(33-4)12-20(19)31-15(3)32-24/h8-14,21H,5-7,29H2,1-4H3,(H,30,31,32)/t13-,14?,21+/m1/s1. The largest absolute Gasteiger partial charge is 0.493 e. The maximum absolute atomic E-state index is 13.3. The first-order chi connectivity index (χ1) is 16.5. The quantitative estimate of drug-likeness (QED) is 0.413. The third-order valence-corrected chi connectivity index (χ3v) is 6.05. The van der Waals surface area contributed by atoms with Crippen LogP contribution in [-0.2, 0) is 10.9 Å². The van der Waals surface area contributed by atoms with Gasteiger partial charge in [0.15, 0.2) is 11.5 Å². The lowest BCUT2D eigenvalue weighted by molar-refractivity contribution is -0.137. The highest BCUT2D eigenvalue weighted by Crippen LogP contribution is 2.37. The number of benzene rings is 2. The van der Waals surface area contributed by atoms with Gasteiger partial charge in [-0.1, -0.05) is 0 Å². The molecule has 0 radical (unpaired) electrons. The number of aromatic nitrogens is 2. The number of rotatable bonds is 7. The Hall–Kier alpha value is -3.27. The second-order valence-electron chi connectivity index (χ2n) is 8.77. The first-order valence-electron chi connectivity index (χ1n) is 11.4. The van der Waals surface area contributed by atoms with Crippen molar-refractivity contribution in [3.63, 3.8) is 0 Å². The van der Waals surface area contributed by atoms with E-state index in [1.165, 1.54) is 6.07 Å². The van der Waals surface area contributed by atoms with Crippen LogP contribution in [0.15, 0.2) is 30.3 Å². The van der Waals surface area contributed by atoms with Crippen LogP contribution in [0.25, 0.3) is 10.9 Å². The number of ether oxygens (including phenoxy) is 3. The Labute approximate surface area is 201 Å². The van der Waals surface area contributed by atoms with E-state index in [1.807, 2.05) is 6.92 Å². The van der Waals surface area contributed by atoms with Crippen LogP contribution in [0.2, 0.25) is 0 Å². The predicted octanol–water partition coefficient (Wildman–Crippen LogP) is 5.67. The number of halogens is 3. The average Bonchev–Trinajstić information content (AvgIpc) is 3.33. The van der Waals surface area contributed by atoms with E-state index in [1.54, 1.807) is 33.1 Å². The van der Waals surface area contributed by atoms with Gasteiger partial charge < -0.3 is 25.3 Å². The fraction of sp³-hybridized carbons (Fsp3) is 0.440. The number of hydrogen-bond donors (Lipinski definition) is 2. The van der Waals surface area contributed by atoms with E-state index < -0.39 is 17.8 Å². The topological polar surface area (TPSA) is 91.5 Å². The van der Waals surface area contributed by atoms with E-state index in [2.05, 4.69) is 15.3 Å². The Morgan fingerprint density at radius 2 is 1.89 bits per heavy atom. The highest BCUT2D eigenvalue weighted by atomic mass is 19.4. The lowest BCUT2D eigenvalue weighted by Gasteiger charge is -2.23. The zero-order valence-electron chi connectivity index (χ0n) is 20.1. The molecule has 0 saturated carbocycles. The number of methoxy groups -OCH3 is 1. The molecule has 2 heterocycles. The van der Waals surface area contributed by atoms with Gasteiger partial charge in [0.2, 0.25) is 0 Å². The third kappa shape index (κ3) is 5.53. The van der Waals surface area contributed by atoms with E-state index >= 15 is 0 Å². The van der Waals surface area contributed by atoms with E-state index in [0.29, 0.717) is 46.2 Å². The Morgan fingerprint density at radius 1 is 1.11 bits per heavy atom. The fourth-order valence-corrected chi connectivity index (χ4v) is 4.24. The summed E-state index contributed by atoms with van der Waals surface area (Å²) in [5.41, 5.74) is 6.00. The second kappa shape index (κ2) is 9.77. The smallest absolute Gasteiger partial charge is 0.416 e. The van der Waals surface area contributed by atoms with E-state index in [0.717, 1.165) is 25.0 Å². The van der Waals surface area contributed by atoms with Crippen molar-refractivity contribution in [2.75, 3.05) is 24.8 Å². The number of nitrogens with one attached hydrogen (secondary N) is 1. The van der Waals surface area contributed by atoms with Gasteiger partial charge in [0, 0.05) is 23.7 Å². The molecular formula is C25H29F3N4O3. The van der Waals surface area contributed by atoms with Crippen molar-refractivity contribution >= 4 is 22.4 Å². The van der Waals surface area contributed by atoms with Crippen LogP contribution in [-0.4, -0.2) is 35.9 Å². The van der Waals surface area contributed by atoms with Gasteiger partial charge in [-0.25, -0.2) is 9.97 Å². The highest BCUT2D eigenvalue weighted by Gasteiger charge is 2.31. The molecule has 1 aliphatic heterocycles. The van der Waals surface area contributed by atoms with E-state index in [9.17, 15) is 13.2 Å². The van der Waals surface area contributed by atoms with Crippen molar-refractivity contribution in [1.29, 1.82) is 0 Å². The third-order valence-electron chi connectivity index (χ3n) is 6.05. The molecular weight excluding hydrogens is 461 g/mol. The Morgan fingerprint density at radius 3 is 2.54 bits per heavy atom. The highest BCUT2D eigenvalue weighted by molar-refractivity contribution is 5.92. The summed E-state index contributed by atoms with van der Waals surface area (Å²) in [6.07, 6.45) is -2.78. The van der Waals surface area contributed by atoms with Crippen molar-refractivity contribution < 1.29 is 27.4 Å². The predicted molar refractivity (Wildman–Crippen MR) is 128 cm³/mol. The maximum Gasteiger partial charge on any atom is 0.416 e. The summed E-state index contributed by atoms with van der Waals surface area (Å²) >= 11 is 0. The minimum absolute atomic E-state index is 0.00587. The van der Waals surface area contributed by atoms with Crippen molar-refractivity contribution in [1.82, 2.24) is 9.97 Å². The number of hydrogen-bond acceptors (Lipinski definition) is 7. The summed E-state index contributed by atoms with van der Waals surface area (Å²) in [6.45, 7) is 6.16. The summed E-state index contributed by atoms with van der Waals surface area (Å²) in [4.78, 5) is 9.02. The molecule has 10 heteroatoms. The molecule has 3 aromatic rings. The van der Waals surface area contributed by atoms with Crippen molar-refractivity contribution in [2.24, 2.45) is 0 Å². The monoisotopic (exact) mass is 490 g/mol. The van der Waals surface area contributed by atoms with Gasteiger partial charge in [0.25, 0.3) is 0 Å². The normalized spacial score (nSPS) is 17.9. The number of anilines is 2. The Bertz CT molecular complexity index is 1210. The molecule has 1 fully saturated rings. The fourth-order valence-electron chi connectivity index (χ4n) is 4.24. The molecule has 1 saturated heterocycles. The molecule has 0 aliphatic carbocycles. The van der Waals surface area contributed by atoms with Crippen molar-refractivity contribution in [3.8, 4) is 11.5 Å². The minimum Gasteiger partial charge on any atom is -0.493 e. The van der Waals surface area contributed by atoms with Crippen LogP contribution < -0.4 is 20.5 Å². The summed E-state index contributed by atoms with van der Waals surface area (Å²) in [5, 5.41) is 3.88. The number of aryl methyl sites for hydroxylation is 1. The average molecular weight is 491 g/mol. The summed E-state index contributed by atoms with van der Waals surface area (Å²) in [5.74, 6) is 1.99. The van der Waals surface area contributed by atoms with Crippen LogP contribution in [0.3, 0.4) is 0 Å². The molecule has 1 aromatic heterocycles. The van der Waals surface area contributed by atoms with E-state index in [4.69, 9.17) is 19.9 Å². The van der Waals surface area contributed by atoms with Gasteiger partial charge in [-0.15, -0.1) is 0 Å². The lowest BCUT2D eigenvalue weighted by Crippen LogP contribution is -2.28. The van der Waals surface area contributed by atoms with Crippen LogP contribution in [0.5, 0.6) is 11.5 Å². The molecule has 188 valence electrons. The number of nitrogens with zero attached hydrogens (tertiary/aromatic N) is 2. The van der Waals surface area contributed by atoms with Gasteiger partial charge in [-0.3, -0.25) is 0 Å². The summed E-state index contributed by atoms with van der Waals surface area (Å²) in [6, 6.07) is 6.56. The molecule has 7 nitrogen and oxygen atoms in total. The molecule has 0 amide bonds. The SMILES string of the molecule is COc1cc2nc(C)nc(N[C@H](C)c3cc(N)cc(C(F)(F)F)c3)c2cc1OC(C)[C@@H]1CCCO1. The molecule has 0 bridgehead atoms. The molecule has 2 aromatic carbocycles. The molecule has 0 spiro atoms. The zero-order valence-corrected chi connectivity index (χ0v) is 20.1. The van der Waals surface area contributed by atoms with Crippen LogP contribution in [0.4, 0.5) is 24.7 Å². The maximum atomic E-state index is 13.3. The number of nitrogen functional groups attached to an aromatic ring is 1. The van der Waals surface area contributed by atoms with Crippen molar-refractivity contribution in [3.05, 3.63) is 47.3 Å². The van der Waals surface area contributed by atoms with Gasteiger partial charge in [0.05, 0.1) is 30.3 Å². The summed E-state index contributed by atoms with van der Waals surface area (Å²) in [7, 11) is 1.55. The molecule has 3 atom stereocenters. The molecule has 3 N–H and O–H groups in total. The number of nitrogens with two attached hydrogens (primary N) is 1. The first kappa shape index (κ1) is 24.8. The molecule has 35 heavy (non-hydrogen) atoms.